The highest BCUT2D eigenvalue weighted by molar-refractivity contribution is 5.84. The molecule has 1 saturated heterocycles. The predicted octanol–water partition coefficient (Wildman–Crippen LogP) is 3.64. The van der Waals surface area contributed by atoms with Crippen LogP contribution in [-0.2, 0) is 17.8 Å². The highest BCUT2D eigenvalue weighted by Gasteiger charge is 2.26. The SMILES string of the molecule is Cc1[nH]c2ccccc2c1CCNC(=O)C1CCCN(Cc2ccco2)C1. The third kappa shape index (κ3) is 4.08. The normalized spacial score (nSPS) is 18.0. The summed E-state index contributed by atoms with van der Waals surface area (Å²) >= 11 is 0. The Bertz CT molecular complexity index is 898. The number of benzene rings is 1. The summed E-state index contributed by atoms with van der Waals surface area (Å²) in [5.74, 6) is 1.21. The number of rotatable bonds is 6. The average Bonchev–Trinajstić information content (AvgIpc) is 3.29. The third-order valence-electron chi connectivity index (χ3n) is 5.54. The van der Waals surface area contributed by atoms with Crippen LogP contribution in [0.5, 0.6) is 0 Å². The van der Waals surface area contributed by atoms with E-state index in [0.29, 0.717) is 6.54 Å². The molecular formula is C22H27N3O2. The van der Waals surface area contributed by atoms with Gasteiger partial charge in [-0.1, -0.05) is 18.2 Å². The van der Waals surface area contributed by atoms with Crippen LogP contribution in [0.15, 0.2) is 47.1 Å². The van der Waals surface area contributed by atoms with Crippen LogP contribution in [0.2, 0.25) is 0 Å². The Morgan fingerprint density at radius 1 is 1.30 bits per heavy atom. The van der Waals surface area contributed by atoms with Gasteiger partial charge in [0.05, 0.1) is 18.7 Å². The second kappa shape index (κ2) is 8.01. The molecule has 1 amide bonds. The Balaban J connectivity index is 1.30. The van der Waals surface area contributed by atoms with Gasteiger partial charge in [0.15, 0.2) is 0 Å². The van der Waals surface area contributed by atoms with Gasteiger partial charge in [-0.15, -0.1) is 0 Å². The number of furan rings is 1. The van der Waals surface area contributed by atoms with Gasteiger partial charge in [0.25, 0.3) is 0 Å². The largest absolute Gasteiger partial charge is 0.468 e. The van der Waals surface area contributed by atoms with Crippen LogP contribution in [0.3, 0.4) is 0 Å². The molecule has 2 aromatic heterocycles. The van der Waals surface area contributed by atoms with Gasteiger partial charge in [-0.25, -0.2) is 0 Å². The van der Waals surface area contributed by atoms with E-state index in [1.807, 2.05) is 18.2 Å². The number of carbonyl (C=O) groups excluding carboxylic acids is 1. The molecule has 0 spiro atoms. The first kappa shape index (κ1) is 17.9. The fourth-order valence-corrected chi connectivity index (χ4v) is 4.15. The molecule has 1 aliphatic rings. The van der Waals surface area contributed by atoms with E-state index in [0.717, 1.165) is 50.2 Å². The second-order valence-electron chi connectivity index (χ2n) is 7.47. The first-order valence-electron chi connectivity index (χ1n) is 9.79. The highest BCUT2D eigenvalue weighted by atomic mass is 16.3. The number of hydrogen-bond acceptors (Lipinski definition) is 3. The van der Waals surface area contributed by atoms with Gasteiger partial charge < -0.3 is 14.7 Å². The lowest BCUT2D eigenvalue weighted by Gasteiger charge is -2.31. The minimum Gasteiger partial charge on any atom is -0.468 e. The summed E-state index contributed by atoms with van der Waals surface area (Å²) < 4.78 is 5.44. The molecule has 3 aromatic rings. The molecular weight excluding hydrogens is 338 g/mol. The predicted molar refractivity (Wildman–Crippen MR) is 106 cm³/mol. The van der Waals surface area contributed by atoms with Crippen LogP contribution in [0.4, 0.5) is 0 Å². The number of H-pyrrole nitrogens is 1. The van der Waals surface area contributed by atoms with Crippen molar-refractivity contribution in [2.75, 3.05) is 19.6 Å². The molecule has 1 atom stereocenters. The van der Waals surface area contributed by atoms with Gasteiger partial charge in [-0.3, -0.25) is 9.69 Å². The zero-order chi connectivity index (χ0) is 18.6. The van der Waals surface area contributed by atoms with Crippen LogP contribution in [0, 0.1) is 12.8 Å². The molecule has 27 heavy (non-hydrogen) atoms. The Kier molecular flexibility index (Phi) is 5.30. The highest BCUT2D eigenvalue weighted by Crippen LogP contribution is 2.22. The van der Waals surface area contributed by atoms with E-state index in [4.69, 9.17) is 4.42 Å². The van der Waals surface area contributed by atoms with E-state index in [1.165, 1.54) is 16.6 Å². The maximum absolute atomic E-state index is 12.7. The van der Waals surface area contributed by atoms with Crippen molar-refractivity contribution in [2.45, 2.75) is 32.7 Å². The number of aromatic nitrogens is 1. The molecule has 5 nitrogen and oxygen atoms in total. The van der Waals surface area contributed by atoms with Crippen LogP contribution in [-0.4, -0.2) is 35.4 Å². The summed E-state index contributed by atoms with van der Waals surface area (Å²) in [6.45, 7) is 5.39. The molecule has 142 valence electrons. The number of carbonyl (C=O) groups is 1. The Morgan fingerprint density at radius 2 is 2.19 bits per heavy atom. The summed E-state index contributed by atoms with van der Waals surface area (Å²) in [6.07, 6.45) is 4.58. The van der Waals surface area contributed by atoms with E-state index in [-0.39, 0.29) is 11.8 Å². The molecule has 3 heterocycles. The van der Waals surface area contributed by atoms with Gasteiger partial charge >= 0.3 is 0 Å². The average molecular weight is 365 g/mol. The molecule has 0 radical (unpaired) electrons. The van der Waals surface area contributed by atoms with E-state index in [9.17, 15) is 4.79 Å². The molecule has 0 bridgehead atoms. The maximum atomic E-state index is 12.7. The van der Waals surface area contributed by atoms with Gasteiger partial charge in [-0.2, -0.15) is 0 Å². The topological polar surface area (TPSA) is 61.3 Å². The molecule has 1 aromatic carbocycles. The van der Waals surface area contributed by atoms with Crippen molar-refractivity contribution in [3.63, 3.8) is 0 Å². The quantitative estimate of drug-likeness (QED) is 0.701. The summed E-state index contributed by atoms with van der Waals surface area (Å²) in [7, 11) is 0. The fraction of sp³-hybridized carbons (Fsp3) is 0.409. The van der Waals surface area contributed by atoms with Crippen LogP contribution in [0.1, 0.15) is 29.9 Å². The van der Waals surface area contributed by atoms with Crippen LogP contribution in [0.25, 0.3) is 10.9 Å². The van der Waals surface area contributed by atoms with Gasteiger partial charge in [0.1, 0.15) is 5.76 Å². The van der Waals surface area contributed by atoms with Gasteiger partial charge in [0, 0.05) is 29.7 Å². The monoisotopic (exact) mass is 365 g/mol. The van der Waals surface area contributed by atoms with Crippen molar-refractivity contribution >= 4 is 16.8 Å². The number of para-hydroxylation sites is 1. The lowest BCUT2D eigenvalue weighted by molar-refractivity contribution is -0.126. The minimum absolute atomic E-state index is 0.0674. The lowest BCUT2D eigenvalue weighted by Crippen LogP contribution is -2.43. The molecule has 5 heteroatoms. The molecule has 4 rings (SSSR count). The van der Waals surface area contributed by atoms with Crippen molar-refractivity contribution in [3.8, 4) is 0 Å². The standard InChI is InChI=1S/C22H27N3O2/c1-16-19(20-8-2-3-9-21(20)24-16)10-11-23-22(26)17-6-4-12-25(14-17)15-18-7-5-13-27-18/h2-3,5,7-9,13,17,24H,4,6,10-12,14-15H2,1H3,(H,23,26). The molecule has 1 unspecified atom stereocenters. The number of aromatic amines is 1. The summed E-state index contributed by atoms with van der Waals surface area (Å²) in [5.41, 5.74) is 3.65. The first-order chi connectivity index (χ1) is 13.2. The number of nitrogens with one attached hydrogen (secondary N) is 2. The van der Waals surface area contributed by atoms with Crippen molar-refractivity contribution in [1.82, 2.24) is 15.2 Å². The number of piperidine rings is 1. The fourth-order valence-electron chi connectivity index (χ4n) is 4.15. The van der Waals surface area contributed by atoms with E-state index in [2.05, 4.69) is 40.3 Å². The van der Waals surface area contributed by atoms with E-state index < -0.39 is 0 Å². The molecule has 0 saturated carbocycles. The van der Waals surface area contributed by atoms with Gasteiger partial charge in [-0.05, 0) is 56.5 Å². The number of likely N-dealkylation sites (tertiary alicyclic amines) is 1. The maximum Gasteiger partial charge on any atom is 0.224 e. The van der Waals surface area contributed by atoms with Crippen molar-refractivity contribution in [3.05, 3.63) is 59.7 Å². The summed E-state index contributed by atoms with van der Waals surface area (Å²) in [4.78, 5) is 18.4. The van der Waals surface area contributed by atoms with Crippen molar-refractivity contribution in [2.24, 2.45) is 5.92 Å². The Labute approximate surface area is 159 Å². The van der Waals surface area contributed by atoms with Gasteiger partial charge in [0.2, 0.25) is 5.91 Å². The number of amides is 1. The first-order valence-corrected chi connectivity index (χ1v) is 9.79. The lowest BCUT2D eigenvalue weighted by atomic mass is 9.97. The molecule has 0 aliphatic carbocycles. The number of nitrogens with zero attached hydrogens (tertiary/aromatic N) is 1. The molecule has 1 fully saturated rings. The second-order valence-corrected chi connectivity index (χ2v) is 7.47. The molecule has 1 aliphatic heterocycles. The number of aryl methyl sites for hydroxylation is 1. The van der Waals surface area contributed by atoms with Crippen molar-refractivity contribution in [1.29, 1.82) is 0 Å². The Morgan fingerprint density at radius 3 is 3.04 bits per heavy atom. The number of hydrogen-bond donors (Lipinski definition) is 2. The summed E-state index contributed by atoms with van der Waals surface area (Å²) in [5, 5.41) is 4.42. The van der Waals surface area contributed by atoms with E-state index in [1.54, 1.807) is 6.26 Å². The zero-order valence-electron chi connectivity index (χ0n) is 15.8. The smallest absolute Gasteiger partial charge is 0.224 e. The van der Waals surface area contributed by atoms with Crippen LogP contribution < -0.4 is 5.32 Å². The Hall–Kier alpha value is -2.53. The number of fused-ring (bicyclic) bond motifs is 1. The molecule has 2 N–H and O–H groups in total. The van der Waals surface area contributed by atoms with E-state index >= 15 is 0 Å². The third-order valence-corrected chi connectivity index (χ3v) is 5.54. The van der Waals surface area contributed by atoms with Crippen LogP contribution >= 0.6 is 0 Å². The zero-order valence-corrected chi connectivity index (χ0v) is 15.8. The summed E-state index contributed by atoms with van der Waals surface area (Å²) in [6, 6.07) is 12.3. The minimum atomic E-state index is 0.0674. The van der Waals surface area contributed by atoms with Crippen molar-refractivity contribution < 1.29 is 9.21 Å².